The van der Waals surface area contributed by atoms with E-state index in [-0.39, 0.29) is 12.5 Å². The number of hydrogen-bond acceptors (Lipinski definition) is 6. The molecule has 1 amide bonds. The van der Waals surface area contributed by atoms with Crippen LogP contribution in [0.1, 0.15) is 26.3 Å². The van der Waals surface area contributed by atoms with Crippen LogP contribution < -0.4 is 4.74 Å². The lowest BCUT2D eigenvalue weighted by Crippen LogP contribution is -2.28. The molecule has 1 aliphatic rings. The minimum absolute atomic E-state index is 0.0824. The van der Waals surface area contributed by atoms with Gasteiger partial charge in [0.05, 0.1) is 11.5 Å². The summed E-state index contributed by atoms with van der Waals surface area (Å²) in [4.78, 5) is 30.7. The summed E-state index contributed by atoms with van der Waals surface area (Å²) in [6, 6.07) is 5.40. The van der Waals surface area contributed by atoms with Crippen LogP contribution in [-0.4, -0.2) is 48.2 Å². The highest BCUT2D eigenvalue weighted by molar-refractivity contribution is 9.10. The van der Waals surface area contributed by atoms with E-state index in [1.807, 2.05) is 26.0 Å². The number of benzene rings is 1. The molecule has 1 saturated heterocycles. The maximum absolute atomic E-state index is 12.6. The van der Waals surface area contributed by atoms with Crippen LogP contribution in [0, 0.1) is 0 Å². The Morgan fingerprint density at radius 1 is 1.35 bits per heavy atom. The molecule has 0 unspecified atom stereocenters. The summed E-state index contributed by atoms with van der Waals surface area (Å²) in [5, 5.41) is 0.704. The van der Waals surface area contributed by atoms with E-state index in [0.717, 1.165) is 4.47 Å². The van der Waals surface area contributed by atoms with Crippen molar-refractivity contribution in [2.45, 2.75) is 20.8 Å². The summed E-state index contributed by atoms with van der Waals surface area (Å²) in [5.74, 6) is -0.0121. The van der Waals surface area contributed by atoms with Crippen LogP contribution >= 0.6 is 27.7 Å². The fourth-order valence-corrected chi connectivity index (χ4v) is 3.76. The molecule has 1 aliphatic heterocycles. The van der Waals surface area contributed by atoms with Gasteiger partial charge in [-0.05, 0) is 56.8 Å². The molecule has 1 aromatic carbocycles. The SMILES string of the molecule is CCN=C1S/C(=C/c2cc(Br)ccc2OCC(=O)OCC)C(=O)N1CC. The highest BCUT2D eigenvalue weighted by atomic mass is 79.9. The first-order valence-electron chi connectivity index (χ1n) is 8.33. The normalized spacial score (nSPS) is 17.2. The first kappa shape index (κ1) is 20.5. The number of thioether (sulfide) groups is 1. The molecular formula is C18H21BrN2O4S. The summed E-state index contributed by atoms with van der Waals surface area (Å²) >= 11 is 4.77. The van der Waals surface area contributed by atoms with E-state index in [2.05, 4.69) is 20.9 Å². The minimum atomic E-state index is -0.435. The minimum Gasteiger partial charge on any atom is -0.481 e. The van der Waals surface area contributed by atoms with Crippen molar-refractivity contribution in [3.05, 3.63) is 33.1 Å². The molecule has 0 saturated carbocycles. The Morgan fingerprint density at radius 2 is 2.12 bits per heavy atom. The molecule has 0 spiro atoms. The lowest BCUT2D eigenvalue weighted by Gasteiger charge is -2.11. The van der Waals surface area contributed by atoms with Crippen LogP contribution in [0.5, 0.6) is 5.75 Å². The largest absolute Gasteiger partial charge is 0.481 e. The number of ether oxygens (including phenoxy) is 2. The van der Waals surface area contributed by atoms with Crippen LogP contribution in [0.25, 0.3) is 6.08 Å². The predicted octanol–water partition coefficient (Wildman–Crippen LogP) is 3.70. The van der Waals surface area contributed by atoms with Gasteiger partial charge in [-0.15, -0.1) is 0 Å². The Labute approximate surface area is 165 Å². The van der Waals surface area contributed by atoms with Crippen molar-refractivity contribution in [2.24, 2.45) is 4.99 Å². The molecule has 6 nitrogen and oxygen atoms in total. The molecule has 1 heterocycles. The van der Waals surface area contributed by atoms with Crippen molar-refractivity contribution in [2.75, 3.05) is 26.3 Å². The number of likely N-dealkylation sites (N-methyl/N-ethyl adjacent to an activating group) is 1. The van der Waals surface area contributed by atoms with Crippen molar-refractivity contribution in [3.8, 4) is 5.75 Å². The molecule has 0 N–H and O–H groups in total. The summed E-state index contributed by atoms with van der Waals surface area (Å²) < 4.78 is 11.3. The van der Waals surface area contributed by atoms with Gasteiger partial charge < -0.3 is 9.47 Å². The molecule has 2 rings (SSSR count). The summed E-state index contributed by atoms with van der Waals surface area (Å²) in [5.41, 5.74) is 0.702. The highest BCUT2D eigenvalue weighted by Crippen LogP contribution is 2.35. The lowest BCUT2D eigenvalue weighted by atomic mass is 10.2. The third-order valence-corrected chi connectivity index (χ3v) is 4.94. The van der Waals surface area contributed by atoms with Crippen molar-refractivity contribution in [1.29, 1.82) is 0 Å². The van der Waals surface area contributed by atoms with E-state index in [4.69, 9.17) is 9.47 Å². The zero-order valence-corrected chi connectivity index (χ0v) is 17.4. The van der Waals surface area contributed by atoms with Crippen molar-refractivity contribution in [3.63, 3.8) is 0 Å². The maximum atomic E-state index is 12.6. The molecule has 8 heteroatoms. The average Bonchev–Trinajstić information content (AvgIpc) is 2.89. The Balaban J connectivity index is 2.29. The average molecular weight is 441 g/mol. The second kappa shape index (κ2) is 9.78. The van der Waals surface area contributed by atoms with Gasteiger partial charge in [0.2, 0.25) is 0 Å². The quantitative estimate of drug-likeness (QED) is 0.477. The van der Waals surface area contributed by atoms with Crippen LogP contribution in [0.4, 0.5) is 0 Å². The van der Waals surface area contributed by atoms with Gasteiger partial charge in [-0.3, -0.25) is 14.7 Å². The number of amides is 1. The van der Waals surface area contributed by atoms with Gasteiger partial charge in [0.1, 0.15) is 5.75 Å². The van der Waals surface area contributed by atoms with E-state index in [1.54, 1.807) is 24.0 Å². The van der Waals surface area contributed by atoms with E-state index in [0.29, 0.717) is 41.1 Å². The van der Waals surface area contributed by atoms with Gasteiger partial charge in [0, 0.05) is 23.1 Å². The number of halogens is 1. The molecule has 0 aromatic heterocycles. The maximum Gasteiger partial charge on any atom is 0.344 e. The highest BCUT2D eigenvalue weighted by Gasteiger charge is 2.32. The molecule has 0 aliphatic carbocycles. The Hall–Kier alpha value is -1.80. The first-order chi connectivity index (χ1) is 12.5. The van der Waals surface area contributed by atoms with E-state index in [1.165, 1.54) is 11.8 Å². The van der Waals surface area contributed by atoms with E-state index >= 15 is 0 Å². The van der Waals surface area contributed by atoms with Crippen LogP contribution in [0.2, 0.25) is 0 Å². The number of carbonyl (C=O) groups is 2. The van der Waals surface area contributed by atoms with Crippen LogP contribution in [0.15, 0.2) is 32.6 Å². The Kier molecular flexibility index (Phi) is 7.71. The second-order valence-electron chi connectivity index (χ2n) is 5.19. The molecule has 0 bridgehead atoms. The van der Waals surface area contributed by atoms with E-state index in [9.17, 15) is 9.59 Å². The van der Waals surface area contributed by atoms with Gasteiger partial charge in [-0.1, -0.05) is 15.9 Å². The monoisotopic (exact) mass is 440 g/mol. The van der Waals surface area contributed by atoms with Gasteiger partial charge >= 0.3 is 5.97 Å². The van der Waals surface area contributed by atoms with Gasteiger partial charge in [0.15, 0.2) is 11.8 Å². The number of nitrogens with zero attached hydrogens (tertiary/aromatic N) is 2. The molecular weight excluding hydrogens is 420 g/mol. The Bertz CT molecular complexity index is 749. The number of amidine groups is 1. The molecule has 0 radical (unpaired) electrons. The van der Waals surface area contributed by atoms with Crippen molar-refractivity contribution >= 4 is 50.8 Å². The molecule has 1 fully saturated rings. The number of esters is 1. The summed E-state index contributed by atoms with van der Waals surface area (Å²) in [6.45, 7) is 6.89. The molecule has 26 heavy (non-hydrogen) atoms. The van der Waals surface area contributed by atoms with E-state index < -0.39 is 5.97 Å². The van der Waals surface area contributed by atoms with Crippen molar-refractivity contribution in [1.82, 2.24) is 4.90 Å². The number of carbonyl (C=O) groups excluding carboxylic acids is 2. The van der Waals surface area contributed by atoms with Crippen LogP contribution in [-0.2, 0) is 14.3 Å². The zero-order chi connectivity index (χ0) is 19.1. The smallest absolute Gasteiger partial charge is 0.344 e. The number of hydrogen-bond donors (Lipinski definition) is 0. The van der Waals surface area contributed by atoms with Gasteiger partial charge in [-0.25, -0.2) is 4.79 Å². The zero-order valence-electron chi connectivity index (χ0n) is 15.0. The summed E-state index contributed by atoms with van der Waals surface area (Å²) in [7, 11) is 0. The molecule has 1 aromatic rings. The lowest BCUT2D eigenvalue weighted by molar-refractivity contribution is -0.145. The second-order valence-corrected chi connectivity index (χ2v) is 7.12. The number of aliphatic imine (C=N–C) groups is 1. The summed E-state index contributed by atoms with van der Waals surface area (Å²) in [6.07, 6.45) is 1.76. The standard InChI is InChI=1S/C18H21BrN2O4S/c1-4-20-18-21(5-2)17(23)15(26-18)10-12-9-13(19)7-8-14(12)25-11-16(22)24-6-3/h7-10H,4-6,11H2,1-3H3/b15-10+,20-18?. The Morgan fingerprint density at radius 3 is 2.77 bits per heavy atom. The van der Waals surface area contributed by atoms with Crippen LogP contribution in [0.3, 0.4) is 0 Å². The molecule has 0 atom stereocenters. The molecule has 140 valence electrons. The van der Waals surface area contributed by atoms with Crippen molar-refractivity contribution < 1.29 is 19.1 Å². The predicted molar refractivity (Wildman–Crippen MR) is 107 cm³/mol. The third-order valence-electron chi connectivity index (χ3n) is 3.41. The fraction of sp³-hybridized carbons (Fsp3) is 0.389. The topological polar surface area (TPSA) is 68.2 Å². The fourth-order valence-electron chi connectivity index (χ4n) is 2.28. The number of rotatable bonds is 7. The van der Waals surface area contributed by atoms with Gasteiger partial charge in [0.25, 0.3) is 5.91 Å². The first-order valence-corrected chi connectivity index (χ1v) is 9.94. The third kappa shape index (κ3) is 5.11. The van der Waals surface area contributed by atoms with Gasteiger partial charge in [-0.2, -0.15) is 0 Å².